The van der Waals surface area contributed by atoms with Gasteiger partial charge in [0.25, 0.3) is 0 Å². The first-order valence-electron chi connectivity index (χ1n) is 13.1. The van der Waals surface area contributed by atoms with Gasteiger partial charge in [0.2, 0.25) is 8.46 Å². The van der Waals surface area contributed by atoms with Crippen molar-refractivity contribution < 1.29 is 29.0 Å². The van der Waals surface area contributed by atoms with Gasteiger partial charge in [-0.05, 0) is 31.9 Å². The second-order valence-corrected chi connectivity index (χ2v) is 11.0. The summed E-state index contributed by atoms with van der Waals surface area (Å²) in [4.78, 5) is 10.9. The highest BCUT2D eigenvalue weighted by molar-refractivity contribution is 7.99. The molecule has 2 N–H and O–H groups in total. The molecule has 3 unspecified atom stereocenters. The lowest BCUT2D eigenvalue weighted by molar-refractivity contribution is -0.190. The predicted molar refractivity (Wildman–Crippen MR) is 138 cm³/mol. The van der Waals surface area contributed by atoms with Crippen molar-refractivity contribution in [1.82, 2.24) is 0 Å². The average molecular weight is 509 g/mol. The van der Waals surface area contributed by atoms with Gasteiger partial charge in [-0.3, -0.25) is 4.57 Å². The number of hydrogen-bond donors (Lipinski definition) is 2. The summed E-state index contributed by atoms with van der Waals surface area (Å²) in [5.74, 6) is -0.492. The number of carboxylic acid groups (broad SMARTS) is 1. The number of hydrogen-bond acceptors (Lipinski definition) is 6. The number of carboxylic acids is 1. The SMILES string of the molecule is CCCCCCCCCCSC(CCCCCCC)C(C)OCCCOC(O)(P=O)C(=O)O. The van der Waals surface area contributed by atoms with Crippen molar-refractivity contribution >= 4 is 26.2 Å². The van der Waals surface area contributed by atoms with E-state index in [1.165, 1.54) is 89.2 Å². The fourth-order valence-electron chi connectivity index (χ4n) is 3.65. The fraction of sp³-hybridized carbons (Fsp3) is 0.960. The molecule has 0 saturated heterocycles. The second-order valence-electron chi connectivity index (χ2n) is 8.87. The fourth-order valence-corrected chi connectivity index (χ4v) is 5.23. The summed E-state index contributed by atoms with van der Waals surface area (Å²) in [6.45, 7) is 6.98. The lowest BCUT2D eigenvalue weighted by Crippen LogP contribution is -2.36. The minimum atomic E-state index is -2.67. The van der Waals surface area contributed by atoms with E-state index in [0.29, 0.717) is 18.3 Å². The highest BCUT2D eigenvalue weighted by Crippen LogP contribution is 2.26. The van der Waals surface area contributed by atoms with E-state index in [4.69, 9.17) is 14.6 Å². The summed E-state index contributed by atoms with van der Waals surface area (Å²) < 4.78 is 21.7. The second kappa shape index (κ2) is 22.3. The molecule has 0 saturated carbocycles. The van der Waals surface area contributed by atoms with Crippen molar-refractivity contribution in [3.05, 3.63) is 0 Å². The summed E-state index contributed by atoms with van der Waals surface area (Å²) in [6.07, 6.45) is 18.7. The molecule has 0 fully saturated rings. The number of ether oxygens (including phenoxy) is 2. The molecule has 33 heavy (non-hydrogen) atoms. The van der Waals surface area contributed by atoms with Crippen LogP contribution in [0, 0.1) is 0 Å². The van der Waals surface area contributed by atoms with Gasteiger partial charge in [-0.15, -0.1) is 0 Å². The van der Waals surface area contributed by atoms with Crippen LogP contribution in [0.1, 0.15) is 117 Å². The zero-order chi connectivity index (χ0) is 24.8. The van der Waals surface area contributed by atoms with E-state index >= 15 is 0 Å². The van der Waals surface area contributed by atoms with E-state index in [9.17, 15) is 14.5 Å². The lowest BCUT2D eigenvalue weighted by Gasteiger charge is -2.24. The van der Waals surface area contributed by atoms with E-state index < -0.39 is 20.0 Å². The molecule has 8 heteroatoms. The molecular formula is C25H49O6PS. The smallest absolute Gasteiger partial charge is 0.377 e. The molecule has 0 spiro atoms. The van der Waals surface area contributed by atoms with E-state index in [0.717, 1.165) is 6.42 Å². The molecule has 3 atom stereocenters. The molecule has 0 aromatic rings. The van der Waals surface area contributed by atoms with Crippen molar-refractivity contribution in [3.63, 3.8) is 0 Å². The van der Waals surface area contributed by atoms with Crippen molar-refractivity contribution in [2.75, 3.05) is 19.0 Å². The summed E-state index contributed by atoms with van der Waals surface area (Å²) in [6, 6.07) is 0. The Hall–Kier alpha value is -0.200. The zero-order valence-corrected chi connectivity index (χ0v) is 23.0. The highest BCUT2D eigenvalue weighted by atomic mass is 32.2. The molecule has 0 aliphatic rings. The van der Waals surface area contributed by atoms with Gasteiger partial charge in [0.15, 0.2) is 0 Å². The van der Waals surface area contributed by atoms with Gasteiger partial charge in [-0.2, -0.15) is 11.8 Å². The van der Waals surface area contributed by atoms with Crippen LogP contribution in [-0.2, 0) is 18.8 Å². The Bertz CT molecular complexity index is 482. The monoisotopic (exact) mass is 508 g/mol. The first-order valence-corrected chi connectivity index (χ1v) is 14.9. The van der Waals surface area contributed by atoms with E-state index in [1.54, 1.807) is 0 Å². The number of thioether (sulfide) groups is 1. The van der Waals surface area contributed by atoms with Gasteiger partial charge in [-0.25, -0.2) is 4.79 Å². The van der Waals surface area contributed by atoms with Crippen LogP contribution in [0.2, 0.25) is 0 Å². The van der Waals surface area contributed by atoms with Crippen molar-refractivity contribution in [3.8, 4) is 0 Å². The average Bonchev–Trinajstić information content (AvgIpc) is 2.80. The molecule has 0 aliphatic carbocycles. The Labute approximate surface area is 208 Å². The normalized spacial score (nSPS) is 15.4. The van der Waals surface area contributed by atoms with Crippen LogP contribution in [0.5, 0.6) is 0 Å². The third-order valence-corrected chi connectivity index (χ3v) is 7.96. The predicted octanol–water partition coefficient (Wildman–Crippen LogP) is 7.42. The van der Waals surface area contributed by atoms with Crippen molar-refractivity contribution in [2.45, 2.75) is 134 Å². The van der Waals surface area contributed by atoms with Crippen LogP contribution in [0.25, 0.3) is 0 Å². The number of carbonyl (C=O) groups is 1. The lowest BCUT2D eigenvalue weighted by atomic mass is 10.1. The van der Waals surface area contributed by atoms with Gasteiger partial charge in [0, 0.05) is 11.9 Å². The standard InChI is InChI=1S/C25H49O6PS/c1-4-6-8-10-11-12-14-16-21-33-23(18-15-13-9-7-5-2)22(3)30-19-17-20-31-25(28,32-29)24(26)27/h22-23,28H,4-21H2,1-3H3,(H,26,27). The largest absolute Gasteiger partial charge is 0.477 e. The Kier molecular flexibility index (Phi) is 22.1. The third-order valence-electron chi connectivity index (χ3n) is 5.82. The van der Waals surface area contributed by atoms with E-state index in [1.807, 2.05) is 11.8 Å². The highest BCUT2D eigenvalue weighted by Gasteiger charge is 2.38. The zero-order valence-electron chi connectivity index (χ0n) is 21.3. The third kappa shape index (κ3) is 17.8. The number of aliphatic hydroxyl groups is 1. The number of aliphatic carboxylic acids is 1. The Morgan fingerprint density at radius 1 is 0.879 bits per heavy atom. The first-order chi connectivity index (χ1) is 15.9. The summed E-state index contributed by atoms with van der Waals surface area (Å²) >= 11 is 2.02. The van der Waals surface area contributed by atoms with Crippen molar-refractivity contribution in [1.29, 1.82) is 0 Å². The van der Waals surface area contributed by atoms with Gasteiger partial charge in [0.1, 0.15) is 0 Å². The summed E-state index contributed by atoms with van der Waals surface area (Å²) in [7, 11) is -0.977. The molecule has 0 rings (SSSR count). The maximum Gasteiger partial charge on any atom is 0.377 e. The van der Waals surface area contributed by atoms with Crippen LogP contribution in [0.3, 0.4) is 0 Å². The molecule has 0 aliphatic heterocycles. The molecule has 6 nitrogen and oxygen atoms in total. The summed E-state index contributed by atoms with van der Waals surface area (Å²) in [5, 5.41) is 18.9. The van der Waals surface area contributed by atoms with Gasteiger partial charge in [-0.1, -0.05) is 90.9 Å². The molecule has 0 bridgehead atoms. The Morgan fingerprint density at radius 2 is 1.42 bits per heavy atom. The van der Waals surface area contributed by atoms with Gasteiger partial charge < -0.3 is 19.7 Å². The van der Waals surface area contributed by atoms with Gasteiger partial charge >= 0.3 is 11.5 Å². The molecule has 196 valence electrons. The minimum absolute atomic E-state index is 0.0299. The molecule has 0 aromatic carbocycles. The van der Waals surface area contributed by atoms with Crippen LogP contribution < -0.4 is 0 Å². The minimum Gasteiger partial charge on any atom is -0.477 e. The number of unbranched alkanes of at least 4 members (excludes halogenated alkanes) is 11. The molecule has 0 radical (unpaired) electrons. The first kappa shape index (κ1) is 32.8. The molecule has 0 heterocycles. The molecular weight excluding hydrogens is 459 g/mol. The molecule has 0 aromatic heterocycles. The maximum absolute atomic E-state index is 10.9. The summed E-state index contributed by atoms with van der Waals surface area (Å²) in [5.41, 5.74) is -2.67. The van der Waals surface area contributed by atoms with Crippen LogP contribution in [-0.4, -0.2) is 52.0 Å². The van der Waals surface area contributed by atoms with E-state index in [-0.39, 0.29) is 12.7 Å². The van der Waals surface area contributed by atoms with Crippen LogP contribution >= 0.6 is 20.2 Å². The van der Waals surface area contributed by atoms with Crippen LogP contribution in [0.15, 0.2) is 0 Å². The van der Waals surface area contributed by atoms with Gasteiger partial charge in [0.05, 0.1) is 12.7 Å². The quantitative estimate of drug-likeness (QED) is 0.0752. The van der Waals surface area contributed by atoms with E-state index in [2.05, 4.69) is 20.8 Å². The maximum atomic E-state index is 10.9. The van der Waals surface area contributed by atoms with Crippen molar-refractivity contribution in [2.24, 2.45) is 0 Å². The van der Waals surface area contributed by atoms with Crippen LogP contribution in [0.4, 0.5) is 0 Å². The number of rotatable bonds is 25. The Balaban J connectivity index is 4.23. The topological polar surface area (TPSA) is 93.1 Å². The Morgan fingerprint density at radius 3 is 1.97 bits per heavy atom. The molecule has 0 amide bonds.